The van der Waals surface area contributed by atoms with Crippen molar-refractivity contribution in [2.24, 2.45) is 11.7 Å². The van der Waals surface area contributed by atoms with E-state index in [9.17, 15) is 4.39 Å². The smallest absolute Gasteiger partial charge is 0.109 e. The second-order valence-electron chi connectivity index (χ2n) is 4.37. The van der Waals surface area contributed by atoms with E-state index in [-0.39, 0.29) is 6.67 Å². The molecule has 1 rings (SSSR count). The third-order valence-electron chi connectivity index (χ3n) is 2.35. The molecule has 2 nitrogen and oxygen atoms in total. The van der Waals surface area contributed by atoms with E-state index >= 15 is 0 Å². The summed E-state index contributed by atoms with van der Waals surface area (Å²) in [4.78, 5) is 2.25. The normalized spacial score (nSPS) is 31.8. The first kappa shape index (κ1) is 9.93. The van der Waals surface area contributed by atoms with Crippen LogP contribution in [0.15, 0.2) is 0 Å². The molecule has 0 aromatic heterocycles. The molecule has 0 aromatic carbocycles. The van der Waals surface area contributed by atoms with Gasteiger partial charge in [0, 0.05) is 19.6 Å². The maximum absolute atomic E-state index is 12.4. The van der Waals surface area contributed by atoms with Gasteiger partial charge in [0.05, 0.1) is 5.54 Å². The van der Waals surface area contributed by atoms with Gasteiger partial charge in [-0.05, 0) is 12.3 Å². The fourth-order valence-corrected chi connectivity index (χ4v) is 1.77. The van der Waals surface area contributed by atoms with Gasteiger partial charge in [-0.25, -0.2) is 4.39 Å². The molecule has 0 radical (unpaired) electrons. The zero-order valence-electron chi connectivity index (χ0n) is 8.02. The molecule has 1 aliphatic heterocycles. The van der Waals surface area contributed by atoms with Crippen molar-refractivity contribution in [2.45, 2.75) is 25.8 Å². The molecule has 2 N–H and O–H groups in total. The van der Waals surface area contributed by atoms with Gasteiger partial charge in [0.25, 0.3) is 0 Å². The first-order valence-electron chi connectivity index (χ1n) is 4.63. The molecule has 3 heteroatoms. The Morgan fingerprint density at radius 1 is 1.58 bits per heavy atom. The lowest BCUT2D eigenvalue weighted by atomic mass is 10.0. The molecule has 12 heavy (non-hydrogen) atoms. The fourth-order valence-electron chi connectivity index (χ4n) is 1.77. The zero-order chi connectivity index (χ0) is 9.19. The molecular weight excluding hydrogens is 155 g/mol. The Balaban J connectivity index is 2.35. The highest BCUT2D eigenvalue weighted by atomic mass is 19.1. The lowest BCUT2D eigenvalue weighted by Crippen LogP contribution is -2.45. The number of rotatable bonds is 3. The third-order valence-corrected chi connectivity index (χ3v) is 2.35. The van der Waals surface area contributed by atoms with E-state index < -0.39 is 5.54 Å². The molecule has 1 heterocycles. The van der Waals surface area contributed by atoms with Crippen LogP contribution in [0.3, 0.4) is 0 Å². The number of alkyl halides is 1. The van der Waals surface area contributed by atoms with Crippen LogP contribution in [0.25, 0.3) is 0 Å². The van der Waals surface area contributed by atoms with E-state index in [1.165, 1.54) is 0 Å². The topological polar surface area (TPSA) is 29.3 Å². The van der Waals surface area contributed by atoms with Crippen LogP contribution in [-0.2, 0) is 0 Å². The highest BCUT2D eigenvalue weighted by molar-refractivity contribution is 4.94. The second-order valence-corrected chi connectivity index (χ2v) is 4.37. The molecule has 0 amide bonds. The maximum Gasteiger partial charge on any atom is 0.109 e. The van der Waals surface area contributed by atoms with E-state index in [1.807, 2.05) is 0 Å². The van der Waals surface area contributed by atoms with Crippen molar-refractivity contribution in [1.82, 2.24) is 4.90 Å². The summed E-state index contributed by atoms with van der Waals surface area (Å²) in [6.07, 6.45) is 0.802. The summed E-state index contributed by atoms with van der Waals surface area (Å²) in [6.45, 7) is 6.68. The second kappa shape index (κ2) is 3.71. The van der Waals surface area contributed by atoms with Crippen LogP contribution in [0.4, 0.5) is 4.39 Å². The molecule has 1 saturated heterocycles. The molecule has 1 aliphatic rings. The van der Waals surface area contributed by atoms with Crippen LogP contribution in [-0.4, -0.2) is 36.7 Å². The largest absolute Gasteiger partial charge is 0.322 e. The van der Waals surface area contributed by atoms with E-state index in [2.05, 4.69) is 18.7 Å². The van der Waals surface area contributed by atoms with E-state index in [1.54, 1.807) is 0 Å². The minimum atomic E-state index is -0.547. The molecule has 0 aliphatic carbocycles. The molecule has 0 spiro atoms. The van der Waals surface area contributed by atoms with Crippen LogP contribution in [0.2, 0.25) is 0 Å². The summed E-state index contributed by atoms with van der Waals surface area (Å²) >= 11 is 0. The highest BCUT2D eigenvalue weighted by Crippen LogP contribution is 2.19. The summed E-state index contributed by atoms with van der Waals surface area (Å²) in [5.74, 6) is 0.645. The van der Waals surface area contributed by atoms with Crippen LogP contribution in [0, 0.1) is 5.92 Å². The quantitative estimate of drug-likeness (QED) is 0.692. The summed E-state index contributed by atoms with van der Waals surface area (Å²) in [7, 11) is 0. The van der Waals surface area contributed by atoms with Gasteiger partial charge in [-0.1, -0.05) is 13.8 Å². The molecule has 0 bridgehead atoms. The molecule has 72 valence electrons. The molecule has 0 saturated carbocycles. The van der Waals surface area contributed by atoms with Crippen molar-refractivity contribution in [2.75, 3.05) is 26.3 Å². The Morgan fingerprint density at radius 2 is 2.25 bits per heavy atom. The monoisotopic (exact) mass is 174 g/mol. The average molecular weight is 174 g/mol. The summed E-state index contributed by atoms with van der Waals surface area (Å²) < 4.78 is 12.4. The van der Waals surface area contributed by atoms with E-state index in [4.69, 9.17) is 5.73 Å². The van der Waals surface area contributed by atoms with Crippen LogP contribution >= 0.6 is 0 Å². The SMILES string of the molecule is CC(C)CN1CCC(N)(CF)C1. The van der Waals surface area contributed by atoms with E-state index in [0.29, 0.717) is 5.92 Å². The van der Waals surface area contributed by atoms with Gasteiger partial charge in [0.15, 0.2) is 0 Å². The minimum Gasteiger partial charge on any atom is -0.322 e. The van der Waals surface area contributed by atoms with Gasteiger partial charge in [0.2, 0.25) is 0 Å². The summed E-state index contributed by atoms with van der Waals surface area (Å²) in [5.41, 5.74) is 5.26. The number of hydrogen-bond acceptors (Lipinski definition) is 2. The Morgan fingerprint density at radius 3 is 2.67 bits per heavy atom. The first-order valence-corrected chi connectivity index (χ1v) is 4.63. The maximum atomic E-state index is 12.4. The number of nitrogens with zero attached hydrogens (tertiary/aromatic N) is 1. The number of likely N-dealkylation sites (tertiary alicyclic amines) is 1. The third kappa shape index (κ3) is 2.42. The fraction of sp³-hybridized carbons (Fsp3) is 1.00. The van der Waals surface area contributed by atoms with Gasteiger partial charge in [0.1, 0.15) is 6.67 Å². The Kier molecular flexibility index (Phi) is 3.07. The van der Waals surface area contributed by atoms with Gasteiger partial charge >= 0.3 is 0 Å². The van der Waals surface area contributed by atoms with Gasteiger partial charge < -0.3 is 10.6 Å². The number of halogens is 1. The van der Waals surface area contributed by atoms with Crippen LogP contribution in [0.5, 0.6) is 0 Å². The van der Waals surface area contributed by atoms with Crippen LogP contribution < -0.4 is 5.73 Å². The van der Waals surface area contributed by atoms with Crippen molar-refractivity contribution >= 4 is 0 Å². The lowest BCUT2D eigenvalue weighted by Gasteiger charge is -2.22. The Hall–Kier alpha value is -0.150. The molecule has 1 fully saturated rings. The first-order chi connectivity index (χ1) is 5.56. The van der Waals surface area contributed by atoms with Crippen molar-refractivity contribution in [3.63, 3.8) is 0 Å². The average Bonchev–Trinajstić information content (AvgIpc) is 2.32. The standard InChI is InChI=1S/C9H19FN2/c1-8(2)5-12-4-3-9(11,6-10)7-12/h8H,3-7,11H2,1-2H3. The molecule has 0 aromatic rings. The minimum absolute atomic E-state index is 0.387. The zero-order valence-corrected chi connectivity index (χ0v) is 8.02. The van der Waals surface area contributed by atoms with Gasteiger partial charge in [-0.15, -0.1) is 0 Å². The lowest BCUT2D eigenvalue weighted by molar-refractivity contribution is 0.255. The van der Waals surface area contributed by atoms with Gasteiger partial charge in [-0.2, -0.15) is 0 Å². The number of hydrogen-bond donors (Lipinski definition) is 1. The predicted octanol–water partition coefficient (Wildman–Crippen LogP) is 1.02. The molecule has 1 unspecified atom stereocenters. The van der Waals surface area contributed by atoms with E-state index in [0.717, 1.165) is 26.1 Å². The van der Waals surface area contributed by atoms with Crippen LogP contribution in [0.1, 0.15) is 20.3 Å². The van der Waals surface area contributed by atoms with Crippen molar-refractivity contribution < 1.29 is 4.39 Å². The van der Waals surface area contributed by atoms with Crippen molar-refractivity contribution in [3.05, 3.63) is 0 Å². The van der Waals surface area contributed by atoms with Crippen molar-refractivity contribution in [1.29, 1.82) is 0 Å². The predicted molar refractivity (Wildman–Crippen MR) is 48.8 cm³/mol. The van der Waals surface area contributed by atoms with Gasteiger partial charge in [-0.3, -0.25) is 0 Å². The Bertz CT molecular complexity index is 149. The molecular formula is C9H19FN2. The Labute approximate surface area is 73.9 Å². The summed E-state index contributed by atoms with van der Waals surface area (Å²) in [6, 6.07) is 0. The highest BCUT2D eigenvalue weighted by Gasteiger charge is 2.34. The van der Waals surface area contributed by atoms with Crippen molar-refractivity contribution in [3.8, 4) is 0 Å². The summed E-state index contributed by atoms with van der Waals surface area (Å²) in [5, 5.41) is 0. The molecule has 1 atom stereocenters. The number of nitrogens with two attached hydrogens (primary N) is 1.